The average molecular weight is 277 g/mol. The largest absolute Gasteiger partial charge is 0.491 e. The van der Waals surface area contributed by atoms with Crippen LogP contribution in [0.15, 0.2) is 24.3 Å². The highest BCUT2D eigenvalue weighted by atomic mass is 16.5. The van der Waals surface area contributed by atoms with E-state index in [4.69, 9.17) is 9.47 Å². The number of hydrogen-bond acceptors (Lipinski definition) is 3. The van der Waals surface area contributed by atoms with Crippen LogP contribution in [0.5, 0.6) is 5.75 Å². The van der Waals surface area contributed by atoms with Gasteiger partial charge in [0.15, 0.2) is 0 Å². The van der Waals surface area contributed by atoms with Crippen molar-refractivity contribution >= 4 is 0 Å². The number of methoxy groups -OCH3 is 1. The highest BCUT2D eigenvalue weighted by molar-refractivity contribution is 5.36. The SMILES string of the molecule is CNC1CCCCC(c2ccccc2OCCOC)C1. The first-order chi connectivity index (χ1) is 9.85. The predicted molar refractivity (Wildman–Crippen MR) is 82.5 cm³/mol. The summed E-state index contributed by atoms with van der Waals surface area (Å²) >= 11 is 0. The Morgan fingerprint density at radius 3 is 2.75 bits per heavy atom. The maximum atomic E-state index is 5.90. The average Bonchev–Trinajstić information content (AvgIpc) is 2.73. The molecule has 20 heavy (non-hydrogen) atoms. The lowest BCUT2D eigenvalue weighted by Crippen LogP contribution is -2.26. The van der Waals surface area contributed by atoms with E-state index in [-0.39, 0.29) is 0 Å². The van der Waals surface area contributed by atoms with Crippen molar-refractivity contribution in [2.45, 2.75) is 44.1 Å². The molecule has 1 N–H and O–H groups in total. The van der Waals surface area contributed by atoms with Crippen molar-refractivity contribution in [1.82, 2.24) is 5.32 Å². The molecule has 112 valence electrons. The minimum absolute atomic E-state index is 0.605. The van der Waals surface area contributed by atoms with Gasteiger partial charge in [-0.05, 0) is 43.9 Å². The summed E-state index contributed by atoms with van der Waals surface area (Å²) < 4.78 is 11.0. The van der Waals surface area contributed by atoms with Crippen LogP contribution in [0, 0.1) is 0 Å². The summed E-state index contributed by atoms with van der Waals surface area (Å²) in [7, 11) is 3.78. The zero-order valence-corrected chi connectivity index (χ0v) is 12.7. The van der Waals surface area contributed by atoms with Crippen LogP contribution in [0.1, 0.15) is 43.6 Å². The van der Waals surface area contributed by atoms with Gasteiger partial charge in [0.25, 0.3) is 0 Å². The van der Waals surface area contributed by atoms with Crippen molar-refractivity contribution in [1.29, 1.82) is 0 Å². The Kier molecular flexibility index (Phi) is 6.34. The van der Waals surface area contributed by atoms with Crippen molar-refractivity contribution in [3.63, 3.8) is 0 Å². The zero-order valence-electron chi connectivity index (χ0n) is 12.7. The van der Waals surface area contributed by atoms with Gasteiger partial charge in [-0.2, -0.15) is 0 Å². The quantitative estimate of drug-likeness (QED) is 0.639. The van der Waals surface area contributed by atoms with Gasteiger partial charge in [0, 0.05) is 13.2 Å². The number of benzene rings is 1. The fraction of sp³-hybridized carbons (Fsp3) is 0.647. The van der Waals surface area contributed by atoms with E-state index in [1.165, 1.54) is 37.7 Å². The molecule has 2 atom stereocenters. The third-order valence-corrected chi connectivity index (χ3v) is 4.24. The monoisotopic (exact) mass is 277 g/mol. The van der Waals surface area contributed by atoms with Crippen molar-refractivity contribution in [3.05, 3.63) is 29.8 Å². The molecule has 1 aliphatic rings. The molecule has 2 rings (SSSR count). The van der Waals surface area contributed by atoms with Crippen LogP contribution in [0.3, 0.4) is 0 Å². The fourth-order valence-corrected chi connectivity index (χ4v) is 3.09. The van der Waals surface area contributed by atoms with Crippen molar-refractivity contribution in [3.8, 4) is 5.75 Å². The molecule has 1 aromatic carbocycles. The van der Waals surface area contributed by atoms with E-state index < -0.39 is 0 Å². The first kappa shape index (κ1) is 15.3. The molecule has 0 heterocycles. The molecule has 1 aromatic rings. The van der Waals surface area contributed by atoms with E-state index >= 15 is 0 Å². The summed E-state index contributed by atoms with van der Waals surface area (Å²) in [5, 5.41) is 3.45. The summed E-state index contributed by atoms with van der Waals surface area (Å²) in [5.41, 5.74) is 1.37. The van der Waals surface area contributed by atoms with Crippen molar-refractivity contribution in [2.75, 3.05) is 27.4 Å². The van der Waals surface area contributed by atoms with Gasteiger partial charge in [0.05, 0.1) is 6.61 Å². The summed E-state index contributed by atoms with van der Waals surface area (Å²) in [6.45, 7) is 1.26. The Bertz CT molecular complexity index is 394. The van der Waals surface area contributed by atoms with Gasteiger partial charge in [-0.1, -0.05) is 31.0 Å². The second kappa shape index (κ2) is 8.28. The number of ether oxygens (including phenoxy) is 2. The molecule has 0 radical (unpaired) electrons. The van der Waals surface area contributed by atoms with E-state index in [1.54, 1.807) is 7.11 Å². The smallest absolute Gasteiger partial charge is 0.122 e. The molecular weight excluding hydrogens is 250 g/mol. The summed E-state index contributed by atoms with van der Waals surface area (Å²) in [4.78, 5) is 0. The Labute approximate surface area is 122 Å². The van der Waals surface area contributed by atoms with Gasteiger partial charge in [-0.3, -0.25) is 0 Å². The van der Waals surface area contributed by atoms with Gasteiger partial charge in [0.2, 0.25) is 0 Å². The van der Waals surface area contributed by atoms with Crippen LogP contribution in [-0.4, -0.2) is 33.4 Å². The summed E-state index contributed by atoms with van der Waals surface area (Å²) in [5.74, 6) is 1.64. The van der Waals surface area contributed by atoms with E-state index in [9.17, 15) is 0 Å². The number of hydrogen-bond donors (Lipinski definition) is 1. The predicted octanol–water partition coefficient (Wildman–Crippen LogP) is 3.35. The van der Waals surface area contributed by atoms with Gasteiger partial charge < -0.3 is 14.8 Å². The minimum Gasteiger partial charge on any atom is -0.491 e. The molecule has 0 aliphatic heterocycles. The van der Waals surface area contributed by atoms with E-state index in [2.05, 4.69) is 36.6 Å². The topological polar surface area (TPSA) is 30.5 Å². The number of para-hydroxylation sites is 1. The second-order valence-corrected chi connectivity index (χ2v) is 5.58. The molecule has 1 saturated carbocycles. The molecule has 1 aliphatic carbocycles. The third-order valence-electron chi connectivity index (χ3n) is 4.24. The van der Waals surface area contributed by atoms with Crippen molar-refractivity contribution < 1.29 is 9.47 Å². The number of nitrogens with one attached hydrogen (secondary N) is 1. The molecule has 3 heteroatoms. The Morgan fingerprint density at radius 1 is 1.15 bits per heavy atom. The zero-order chi connectivity index (χ0) is 14.2. The lowest BCUT2D eigenvalue weighted by molar-refractivity contribution is 0.145. The first-order valence-electron chi connectivity index (χ1n) is 7.73. The summed E-state index contributed by atoms with van der Waals surface area (Å²) in [6, 6.07) is 9.12. The van der Waals surface area contributed by atoms with E-state index in [0.29, 0.717) is 25.2 Å². The maximum Gasteiger partial charge on any atom is 0.122 e. The molecule has 0 aromatic heterocycles. The lowest BCUT2D eigenvalue weighted by Gasteiger charge is -2.22. The first-order valence-corrected chi connectivity index (χ1v) is 7.73. The van der Waals surface area contributed by atoms with Gasteiger partial charge in [0.1, 0.15) is 12.4 Å². The maximum absolute atomic E-state index is 5.90. The van der Waals surface area contributed by atoms with Gasteiger partial charge in [-0.15, -0.1) is 0 Å². The van der Waals surface area contributed by atoms with Gasteiger partial charge >= 0.3 is 0 Å². The molecule has 0 bridgehead atoms. The van der Waals surface area contributed by atoms with E-state index in [1.807, 2.05) is 0 Å². The Morgan fingerprint density at radius 2 is 1.95 bits per heavy atom. The molecule has 1 fully saturated rings. The minimum atomic E-state index is 0.605. The Hall–Kier alpha value is -1.06. The standard InChI is InChI=1S/C17H27NO2/c1-18-15-8-4-3-7-14(13-15)16-9-5-6-10-17(16)20-12-11-19-2/h5-6,9-10,14-15,18H,3-4,7-8,11-13H2,1-2H3. The van der Waals surface area contributed by atoms with Crippen LogP contribution < -0.4 is 10.1 Å². The highest BCUT2D eigenvalue weighted by Gasteiger charge is 2.22. The molecule has 3 nitrogen and oxygen atoms in total. The van der Waals surface area contributed by atoms with E-state index in [0.717, 1.165) is 5.75 Å². The second-order valence-electron chi connectivity index (χ2n) is 5.58. The molecule has 0 saturated heterocycles. The fourth-order valence-electron chi connectivity index (χ4n) is 3.09. The molecule has 2 unspecified atom stereocenters. The van der Waals surface area contributed by atoms with Crippen LogP contribution in [-0.2, 0) is 4.74 Å². The van der Waals surface area contributed by atoms with Crippen molar-refractivity contribution in [2.24, 2.45) is 0 Å². The van der Waals surface area contributed by atoms with Crippen LogP contribution in [0.25, 0.3) is 0 Å². The highest BCUT2D eigenvalue weighted by Crippen LogP contribution is 2.36. The molecule has 0 amide bonds. The third kappa shape index (κ3) is 4.22. The molecular formula is C17H27NO2. The summed E-state index contributed by atoms with van der Waals surface area (Å²) in [6.07, 6.45) is 6.41. The number of rotatable bonds is 6. The van der Waals surface area contributed by atoms with Crippen LogP contribution in [0.4, 0.5) is 0 Å². The van der Waals surface area contributed by atoms with Crippen LogP contribution in [0.2, 0.25) is 0 Å². The normalized spacial score (nSPS) is 23.3. The van der Waals surface area contributed by atoms with Crippen LogP contribution >= 0.6 is 0 Å². The molecule has 0 spiro atoms. The Balaban J connectivity index is 2.09. The van der Waals surface area contributed by atoms with Gasteiger partial charge in [-0.25, -0.2) is 0 Å². The lowest BCUT2D eigenvalue weighted by atomic mass is 9.89.